The number of hydrogen-bond acceptors (Lipinski definition) is 11. The van der Waals surface area contributed by atoms with Crippen LogP contribution in [-0.4, -0.2) is 87.8 Å². The zero-order valence-corrected chi connectivity index (χ0v) is 29.6. The van der Waals surface area contributed by atoms with Gasteiger partial charge in [-0.2, -0.15) is 10.1 Å². The molecule has 3 aromatic heterocycles. The summed E-state index contributed by atoms with van der Waals surface area (Å²) in [5.74, 6) is 2.31. The molecule has 2 unspecified atom stereocenters. The number of methoxy groups -OCH3 is 1. The number of anilines is 5. The van der Waals surface area contributed by atoms with Crippen molar-refractivity contribution in [3.05, 3.63) is 59.7 Å². The highest BCUT2D eigenvalue weighted by Gasteiger charge is 2.37. The van der Waals surface area contributed by atoms with E-state index in [1.165, 1.54) is 12.8 Å². The molecule has 2 N–H and O–H groups in total. The normalized spacial score (nSPS) is 18.4. The van der Waals surface area contributed by atoms with E-state index in [4.69, 9.17) is 9.72 Å². The number of fused-ring (bicyclic) bond motifs is 2. The average Bonchev–Trinajstić information content (AvgIpc) is 3.66. The molecule has 2 aliphatic rings. The van der Waals surface area contributed by atoms with Crippen LogP contribution >= 0.6 is 23.1 Å². The molecule has 2 fully saturated rings. The number of halogens is 1. The van der Waals surface area contributed by atoms with Crippen LogP contribution in [0.2, 0.25) is 0 Å². The van der Waals surface area contributed by atoms with Crippen molar-refractivity contribution >= 4 is 68.2 Å². The van der Waals surface area contributed by atoms with Gasteiger partial charge in [-0.1, -0.05) is 0 Å². The lowest BCUT2D eigenvalue weighted by Crippen LogP contribution is -2.47. The van der Waals surface area contributed by atoms with Crippen LogP contribution in [0.1, 0.15) is 12.8 Å². The number of rotatable bonds is 8. The Labute approximate surface area is 282 Å². The van der Waals surface area contributed by atoms with Crippen LogP contribution in [0.3, 0.4) is 0 Å². The maximum atomic E-state index is 13.5. The molecule has 2 aliphatic heterocycles. The minimum Gasteiger partial charge on any atom is -0.494 e. The van der Waals surface area contributed by atoms with Crippen molar-refractivity contribution in [3.63, 3.8) is 0 Å². The SMILES string of the molecule is COc1cc(N2CCC3CCN(C)C3C2)c(-c2cnn(C)c2)cc1Nc1ncc(Br)c(Nc2ccc3nccnc3c2P(C)(C)=O)n1. The molecule has 0 aliphatic carbocycles. The summed E-state index contributed by atoms with van der Waals surface area (Å²) < 4.78 is 21.9. The molecule has 2 aromatic carbocycles. The van der Waals surface area contributed by atoms with E-state index in [2.05, 4.69) is 75.6 Å². The van der Waals surface area contributed by atoms with Crippen molar-refractivity contribution in [2.24, 2.45) is 13.0 Å². The first kappa shape index (κ1) is 31.5. The van der Waals surface area contributed by atoms with Crippen molar-refractivity contribution in [2.45, 2.75) is 18.9 Å². The first-order valence-corrected chi connectivity index (χ1v) is 19.0. The molecule has 5 heterocycles. The molecule has 0 amide bonds. The van der Waals surface area contributed by atoms with Crippen LogP contribution in [-0.2, 0) is 11.6 Å². The number of hydrogen-bond donors (Lipinski definition) is 2. The fourth-order valence-electron chi connectivity index (χ4n) is 6.89. The van der Waals surface area contributed by atoms with Gasteiger partial charge < -0.3 is 29.7 Å². The summed E-state index contributed by atoms with van der Waals surface area (Å²) in [6, 6.07) is 8.47. The molecule has 0 spiro atoms. The van der Waals surface area contributed by atoms with Gasteiger partial charge in [0, 0.05) is 73.8 Å². The maximum Gasteiger partial charge on any atom is 0.229 e. The summed E-state index contributed by atoms with van der Waals surface area (Å²) in [7, 11) is 3.09. The lowest BCUT2D eigenvalue weighted by Gasteiger charge is -2.39. The standard InChI is InChI=1S/C33H38BrN10O2P/c1-42-12-8-20-9-13-44(19-28(20)42)27-15-29(46-3)26(14-22(27)21-16-38-43(2)18-21)40-33-37-17-23(34)32(41-33)39-25-7-6-24-30(36-11-10-35-24)31(25)47(4,5)45/h6-7,10-11,14-18,20,28H,8-9,12-13,19H2,1-5H3,(H2,37,39,40,41). The Kier molecular flexibility index (Phi) is 8.40. The van der Waals surface area contributed by atoms with Crippen molar-refractivity contribution in [2.75, 3.05) is 62.7 Å². The van der Waals surface area contributed by atoms with E-state index in [-0.39, 0.29) is 0 Å². The van der Waals surface area contributed by atoms with Gasteiger partial charge in [-0.3, -0.25) is 14.6 Å². The second-order valence-corrected chi connectivity index (χ2v) is 16.7. The van der Waals surface area contributed by atoms with E-state index in [0.717, 1.165) is 48.1 Å². The number of likely N-dealkylation sites (tertiary alicyclic amines) is 1. The Bertz CT molecular complexity index is 2010. The number of aromatic nitrogens is 6. The average molecular weight is 718 g/mol. The molecular formula is C33H38BrN10O2P. The third kappa shape index (κ3) is 6.19. The van der Waals surface area contributed by atoms with Crippen molar-refractivity contribution in [1.29, 1.82) is 0 Å². The molecule has 0 radical (unpaired) electrons. The van der Waals surface area contributed by atoms with Gasteiger partial charge in [-0.15, -0.1) is 0 Å². The monoisotopic (exact) mass is 716 g/mol. The van der Waals surface area contributed by atoms with Crippen LogP contribution in [0, 0.1) is 5.92 Å². The highest BCUT2D eigenvalue weighted by molar-refractivity contribution is 9.10. The van der Waals surface area contributed by atoms with Gasteiger partial charge in [0.05, 0.1) is 40.0 Å². The quantitative estimate of drug-likeness (QED) is 0.188. The predicted octanol–water partition coefficient (Wildman–Crippen LogP) is 5.86. The molecule has 12 nitrogen and oxygen atoms in total. The van der Waals surface area contributed by atoms with Crippen LogP contribution in [0.15, 0.2) is 59.7 Å². The van der Waals surface area contributed by atoms with E-state index >= 15 is 0 Å². The summed E-state index contributed by atoms with van der Waals surface area (Å²) in [6.45, 7) is 6.58. The topological polar surface area (TPSA) is 126 Å². The van der Waals surface area contributed by atoms with Crippen LogP contribution in [0.5, 0.6) is 5.75 Å². The highest BCUT2D eigenvalue weighted by Crippen LogP contribution is 2.44. The Morgan fingerprint density at radius 1 is 1.00 bits per heavy atom. The van der Waals surface area contributed by atoms with Gasteiger partial charge in [-0.05, 0) is 79.8 Å². The predicted molar refractivity (Wildman–Crippen MR) is 191 cm³/mol. The Morgan fingerprint density at radius 3 is 2.57 bits per heavy atom. The van der Waals surface area contributed by atoms with Crippen molar-refractivity contribution in [3.8, 4) is 16.9 Å². The fraction of sp³-hybridized carbons (Fsp3) is 0.364. The number of piperidine rings is 1. The molecule has 5 aromatic rings. The van der Waals surface area contributed by atoms with Crippen molar-refractivity contribution < 1.29 is 9.30 Å². The van der Waals surface area contributed by atoms with Crippen molar-refractivity contribution in [1.82, 2.24) is 34.6 Å². The van der Waals surface area contributed by atoms with Gasteiger partial charge in [0.15, 0.2) is 0 Å². The lowest BCUT2D eigenvalue weighted by atomic mass is 9.91. The number of benzene rings is 2. The zero-order chi connectivity index (χ0) is 32.9. The maximum absolute atomic E-state index is 13.5. The third-order valence-corrected chi connectivity index (χ3v) is 11.3. The van der Waals surface area contributed by atoms with E-state index < -0.39 is 7.14 Å². The second kappa shape index (κ2) is 12.5. The first-order valence-electron chi connectivity index (χ1n) is 15.6. The van der Waals surface area contributed by atoms with Gasteiger partial charge in [0.1, 0.15) is 24.2 Å². The molecule has 0 saturated carbocycles. The van der Waals surface area contributed by atoms with Gasteiger partial charge in [0.25, 0.3) is 0 Å². The number of nitrogens with zero attached hydrogens (tertiary/aromatic N) is 8. The first-order chi connectivity index (χ1) is 22.6. The zero-order valence-electron chi connectivity index (χ0n) is 27.1. The van der Waals surface area contributed by atoms with E-state index in [0.29, 0.717) is 50.1 Å². The molecule has 2 atom stereocenters. The smallest absolute Gasteiger partial charge is 0.229 e. The van der Waals surface area contributed by atoms with E-state index in [1.807, 2.05) is 36.3 Å². The molecule has 7 rings (SSSR count). The summed E-state index contributed by atoms with van der Waals surface area (Å²) in [5, 5.41) is 11.9. The second-order valence-electron chi connectivity index (χ2n) is 12.7. The minimum absolute atomic E-state index is 0.366. The number of aryl methyl sites for hydroxylation is 1. The summed E-state index contributed by atoms with van der Waals surface area (Å²) in [6.07, 6.45) is 11.3. The molecule has 47 heavy (non-hydrogen) atoms. The fourth-order valence-corrected chi connectivity index (χ4v) is 8.57. The number of nitrogens with one attached hydrogen (secondary N) is 2. The van der Waals surface area contributed by atoms with Gasteiger partial charge in [0.2, 0.25) is 5.95 Å². The Morgan fingerprint density at radius 2 is 1.81 bits per heavy atom. The Balaban J connectivity index is 1.24. The van der Waals surface area contributed by atoms with Gasteiger partial charge in [-0.25, -0.2) is 4.98 Å². The summed E-state index contributed by atoms with van der Waals surface area (Å²) in [4.78, 5) is 23.3. The number of likely N-dealkylation sites (N-methyl/N-ethyl adjacent to an activating group) is 1. The summed E-state index contributed by atoms with van der Waals surface area (Å²) >= 11 is 3.59. The molecule has 0 bridgehead atoms. The molecular weight excluding hydrogens is 679 g/mol. The van der Waals surface area contributed by atoms with Crippen LogP contribution in [0.25, 0.3) is 22.2 Å². The highest BCUT2D eigenvalue weighted by atomic mass is 79.9. The largest absolute Gasteiger partial charge is 0.494 e. The minimum atomic E-state index is -2.76. The Hall–Kier alpha value is -4.06. The van der Waals surface area contributed by atoms with Gasteiger partial charge >= 0.3 is 0 Å². The van der Waals surface area contributed by atoms with E-state index in [9.17, 15) is 4.57 Å². The molecule has 14 heteroatoms. The van der Waals surface area contributed by atoms with Crippen LogP contribution < -0.4 is 25.6 Å². The summed E-state index contributed by atoms with van der Waals surface area (Å²) in [5.41, 5.74) is 5.85. The molecule has 2 saturated heterocycles. The molecule has 244 valence electrons. The van der Waals surface area contributed by atoms with E-state index in [1.54, 1.807) is 39.0 Å². The number of ether oxygens (including phenoxy) is 1. The van der Waals surface area contributed by atoms with Crippen LogP contribution in [0.4, 0.5) is 28.8 Å². The third-order valence-electron chi connectivity index (χ3n) is 9.21. The lowest BCUT2D eigenvalue weighted by molar-refractivity contribution is 0.246.